The fourth-order valence-corrected chi connectivity index (χ4v) is 3.00. The summed E-state index contributed by atoms with van der Waals surface area (Å²) in [6.07, 6.45) is 5.07. The van der Waals surface area contributed by atoms with Crippen LogP contribution in [0, 0.1) is 0 Å². The van der Waals surface area contributed by atoms with Crippen LogP contribution in [0.15, 0.2) is 0 Å². The van der Waals surface area contributed by atoms with Gasteiger partial charge in [0, 0.05) is 6.04 Å². The molecule has 1 saturated heterocycles. The molecule has 2 fully saturated rings. The molecule has 96 valence electrons. The minimum atomic E-state index is -0.584. The number of rotatable bonds is 4. The van der Waals surface area contributed by atoms with Crippen LogP contribution in [0.1, 0.15) is 45.4 Å². The third-order valence-corrected chi connectivity index (χ3v) is 3.99. The number of amides is 3. The van der Waals surface area contributed by atoms with E-state index in [1.54, 1.807) is 0 Å². The zero-order valence-corrected chi connectivity index (χ0v) is 10.4. The number of carbonyl (C=O) groups excluding carboxylic acids is 2. The number of nitrogens with two attached hydrogens (primary N) is 1. The van der Waals surface area contributed by atoms with Crippen LogP contribution in [0.3, 0.4) is 0 Å². The first-order chi connectivity index (χ1) is 8.14. The number of imide groups is 1. The van der Waals surface area contributed by atoms with Gasteiger partial charge in [0.05, 0.1) is 0 Å². The maximum Gasteiger partial charge on any atom is 0.325 e. The molecule has 0 radical (unpaired) electrons. The smallest absolute Gasteiger partial charge is 0.325 e. The lowest BCUT2D eigenvalue weighted by molar-refractivity contribution is -0.132. The Balaban J connectivity index is 2.18. The van der Waals surface area contributed by atoms with Gasteiger partial charge in [-0.2, -0.15) is 0 Å². The van der Waals surface area contributed by atoms with Gasteiger partial charge >= 0.3 is 6.03 Å². The molecule has 1 aliphatic carbocycles. The van der Waals surface area contributed by atoms with Gasteiger partial charge in [-0.25, -0.2) is 4.79 Å². The van der Waals surface area contributed by atoms with Crippen molar-refractivity contribution >= 4 is 11.9 Å². The summed E-state index contributed by atoms with van der Waals surface area (Å²) in [5, 5.41) is 2.90. The molecule has 0 bridgehead atoms. The minimum absolute atomic E-state index is 0.0275. The number of nitrogens with zero attached hydrogens (tertiary/aromatic N) is 1. The Kier molecular flexibility index (Phi) is 3.38. The summed E-state index contributed by atoms with van der Waals surface area (Å²) in [6.45, 7) is 2.49. The van der Waals surface area contributed by atoms with Gasteiger partial charge in [0.2, 0.25) is 0 Å². The van der Waals surface area contributed by atoms with Crippen LogP contribution in [0.4, 0.5) is 4.79 Å². The standard InChI is InChI=1S/C12H21N3O2/c1-2-9(5-8-13)15-10(16)12(14-11(15)17)6-3-4-7-12/h9H,2-8,13H2,1H3,(H,14,17). The van der Waals surface area contributed by atoms with Crippen molar-refractivity contribution in [2.24, 2.45) is 5.73 Å². The second-order valence-electron chi connectivity index (χ2n) is 5.03. The normalized spacial score (nSPS) is 24.5. The zero-order chi connectivity index (χ0) is 12.5. The van der Waals surface area contributed by atoms with Gasteiger partial charge in [-0.05, 0) is 32.2 Å². The molecule has 3 N–H and O–H groups in total. The molecule has 0 aromatic carbocycles. The Morgan fingerprint density at radius 3 is 2.59 bits per heavy atom. The Labute approximate surface area is 102 Å². The fourth-order valence-electron chi connectivity index (χ4n) is 3.00. The molecular weight excluding hydrogens is 218 g/mol. The first-order valence-electron chi connectivity index (χ1n) is 6.50. The molecule has 2 aliphatic rings. The van der Waals surface area contributed by atoms with Gasteiger partial charge in [0.15, 0.2) is 0 Å². The highest BCUT2D eigenvalue weighted by Crippen LogP contribution is 2.36. The van der Waals surface area contributed by atoms with Crippen molar-refractivity contribution < 1.29 is 9.59 Å². The maximum absolute atomic E-state index is 12.4. The largest absolute Gasteiger partial charge is 0.330 e. The Morgan fingerprint density at radius 1 is 1.41 bits per heavy atom. The van der Waals surface area contributed by atoms with E-state index in [9.17, 15) is 9.59 Å². The molecule has 3 amide bonds. The highest BCUT2D eigenvalue weighted by atomic mass is 16.2. The average molecular weight is 239 g/mol. The van der Waals surface area contributed by atoms with E-state index in [2.05, 4.69) is 5.32 Å². The van der Waals surface area contributed by atoms with Crippen LogP contribution in [-0.4, -0.2) is 35.0 Å². The van der Waals surface area contributed by atoms with Crippen molar-refractivity contribution in [3.63, 3.8) is 0 Å². The summed E-state index contributed by atoms with van der Waals surface area (Å²) in [5.74, 6) is -0.0275. The lowest BCUT2D eigenvalue weighted by Crippen LogP contribution is -2.46. The van der Waals surface area contributed by atoms with Crippen molar-refractivity contribution in [1.29, 1.82) is 0 Å². The van der Waals surface area contributed by atoms with Crippen LogP contribution in [0.25, 0.3) is 0 Å². The fraction of sp³-hybridized carbons (Fsp3) is 0.833. The van der Waals surface area contributed by atoms with Crippen LogP contribution in [0.2, 0.25) is 0 Å². The van der Waals surface area contributed by atoms with E-state index >= 15 is 0 Å². The summed E-state index contributed by atoms with van der Waals surface area (Å²) >= 11 is 0. The molecule has 5 nitrogen and oxygen atoms in total. The highest BCUT2D eigenvalue weighted by Gasteiger charge is 2.53. The SMILES string of the molecule is CCC(CCN)N1C(=O)NC2(CCCC2)C1=O. The Morgan fingerprint density at radius 2 is 2.06 bits per heavy atom. The van der Waals surface area contributed by atoms with Gasteiger partial charge in [0.1, 0.15) is 5.54 Å². The average Bonchev–Trinajstić information content (AvgIpc) is 2.85. The summed E-state index contributed by atoms with van der Waals surface area (Å²) in [7, 11) is 0. The first-order valence-corrected chi connectivity index (χ1v) is 6.50. The number of urea groups is 1. The molecule has 0 aromatic rings. The Hall–Kier alpha value is -1.10. The molecule has 1 saturated carbocycles. The summed E-state index contributed by atoms with van der Waals surface area (Å²) in [6, 6.07) is -0.273. The second kappa shape index (κ2) is 4.64. The maximum atomic E-state index is 12.4. The molecular formula is C12H21N3O2. The minimum Gasteiger partial charge on any atom is -0.330 e. The van der Waals surface area contributed by atoms with Gasteiger partial charge in [0.25, 0.3) is 5.91 Å². The molecule has 17 heavy (non-hydrogen) atoms. The van der Waals surface area contributed by atoms with Crippen molar-refractivity contribution in [3.8, 4) is 0 Å². The van der Waals surface area contributed by atoms with Gasteiger partial charge < -0.3 is 11.1 Å². The zero-order valence-electron chi connectivity index (χ0n) is 10.4. The number of nitrogens with one attached hydrogen (secondary N) is 1. The molecule has 0 aromatic heterocycles. The molecule has 2 rings (SSSR count). The van der Waals surface area contributed by atoms with Crippen molar-refractivity contribution in [3.05, 3.63) is 0 Å². The van der Waals surface area contributed by atoms with Gasteiger partial charge in [-0.1, -0.05) is 19.8 Å². The summed E-state index contributed by atoms with van der Waals surface area (Å²) in [4.78, 5) is 25.8. The van der Waals surface area contributed by atoms with E-state index in [0.717, 1.165) is 32.1 Å². The molecule has 1 aliphatic heterocycles. The number of carbonyl (C=O) groups is 2. The summed E-state index contributed by atoms with van der Waals surface area (Å²) < 4.78 is 0. The lowest BCUT2D eigenvalue weighted by Gasteiger charge is -2.25. The van der Waals surface area contributed by atoms with Gasteiger partial charge in [-0.3, -0.25) is 9.69 Å². The molecule has 5 heteroatoms. The second-order valence-corrected chi connectivity index (χ2v) is 5.03. The van der Waals surface area contributed by atoms with E-state index in [1.807, 2.05) is 6.92 Å². The van der Waals surface area contributed by atoms with Crippen molar-refractivity contribution in [2.75, 3.05) is 6.54 Å². The van der Waals surface area contributed by atoms with E-state index in [4.69, 9.17) is 5.73 Å². The predicted octanol–water partition coefficient (Wildman–Crippen LogP) is 0.978. The van der Waals surface area contributed by atoms with Crippen LogP contribution >= 0.6 is 0 Å². The molecule has 1 heterocycles. The topological polar surface area (TPSA) is 75.4 Å². The quantitative estimate of drug-likeness (QED) is 0.718. The molecule has 1 atom stereocenters. The van der Waals surface area contributed by atoms with E-state index in [1.165, 1.54) is 4.90 Å². The van der Waals surface area contributed by atoms with E-state index < -0.39 is 5.54 Å². The predicted molar refractivity (Wildman–Crippen MR) is 64.3 cm³/mol. The summed E-state index contributed by atoms with van der Waals surface area (Å²) in [5.41, 5.74) is 4.95. The third kappa shape index (κ3) is 1.92. The highest BCUT2D eigenvalue weighted by molar-refractivity contribution is 6.07. The van der Waals surface area contributed by atoms with Gasteiger partial charge in [-0.15, -0.1) is 0 Å². The van der Waals surface area contributed by atoms with Crippen LogP contribution in [0.5, 0.6) is 0 Å². The van der Waals surface area contributed by atoms with Crippen LogP contribution < -0.4 is 11.1 Å². The first kappa shape index (κ1) is 12.4. The van der Waals surface area contributed by atoms with Crippen molar-refractivity contribution in [1.82, 2.24) is 10.2 Å². The molecule has 1 spiro atoms. The van der Waals surface area contributed by atoms with Crippen molar-refractivity contribution in [2.45, 2.75) is 57.0 Å². The monoisotopic (exact) mass is 239 g/mol. The Bertz CT molecular complexity index is 324. The molecule has 1 unspecified atom stereocenters. The number of hydrogen-bond donors (Lipinski definition) is 2. The van der Waals surface area contributed by atoms with E-state index in [-0.39, 0.29) is 18.0 Å². The van der Waals surface area contributed by atoms with Crippen LogP contribution in [-0.2, 0) is 4.79 Å². The number of hydrogen-bond acceptors (Lipinski definition) is 3. The lowest BCUT2D eigenvalue weighted by atomic mass is 9.97. The van der Waals surface area contributed by atoms with E-state index in [0.29, 0.717) is 13.0 Å². The third-order valence-electron chi connectivity index (χ3n) is 3.99.